The van der Waals surface area contributed by atoms with Crippen molar-refractivity contribution >= 4 is 23.7 Å². The zero-order chi connectivity index (χ0) is 19.6. The van der Waals surface area contributed by atoms with Crippen molar-refractivity contribution in [3.8, 4) is 0 Å². The van der Waals surface area contributed by atoms with Gasteiger partial charge >= 0.3 is 5.97 Å². The zero-order valence-electron chi connectivity index (χ0n) is 15.3. The van der Waals surface area contributed by atoms with Crippen molar-refractivity contribution in [1.29, 1.82) is 0 Å². The Bertz CT molecular complexity index is 481. The molecule has 3 amide bonds. The summed E-state index contributed by atoms with van der Waals surface area (Å²) in [6.45, 7) is 6.69. The first-order valence-electron chi connectivity index (χ1n) is 8.40. The Kier molecular flexibility index (Phi) is 10.4. The molecule has 0 saturated heterocycles. The number of carbonyl (C=O) groups excluding carboxylic acids is 3. The third kappa shape index (κ3) is 9.65. The van der Waals surface area contributed by atoms with Gasteiger partial charge in [0.05, 0.1) is 12.6 Å². The van der Waals surface area contributed by atoms with Gasteiger partial charge in [0, 0.05) is 0 Å². The Hall–Kier alpha value is -2.16. The quantitative estimate of drug-likeness (QED) is 0.326. The second kappa shape index (κ2) is 11.4. The molecule has 0 aliphatic heterocycles. The predicted octanol–water partition coefficient (Wildman–Crippen LogP) is -0.792. The van der Waals surface area contributed by atoms with Crippen molar-refractivity contribution in [3.63, 3.8) is 0 Å². The Morgan fingerprint density at radius 3 is 2.08 bits per heavy atom. The van der Waals surface area contributed by atoms with E-state index < -0.39 is 42.3 Å². The van der Waals surface area contributed by atoms with Crippen molar-refractivity contribution < 1.29 is 24.3 Å². The molecule has 0 heterocycles. The lowest BCUT2D eigenvalue weighted by atomic mass is 9.98. The summed E-state index contributed by atoms with van der Waals surface area (Å²) < 4.78 is 0. The molecule has 0 aromatic heterocycles. The molecular weight excluding hydrogens is 328 g/mol. The Morgan fingerprint density at radius 1 is 1.00 bits per heavy atom. The van der Waals surface area contributed by atoms with E-state index in [0.717, 1.165) is 6.42 Å². The third-order valence-corrected chi connectivity index (χ3v) is 3.76. The minimum atomic E-state index is -1.18. The van der Waals surface area contributed by atoms with E-state index in [4.69, 9.17) is 10.8 Å². The van der Waals surface area contributed by atoms with Crippen LogP contribution in [0.2, 0.25) is 0 Å². The molecule has 0 bridgehead atoms. The van der Waals surface area contributed by atoms with Crippen molar-refractivity contribution in [2.75, 3.05) is 13.1 Å². The number of nitrogens with one attached hydrogen (secondary N) is 3. The van der Waals surface area contributed by atoms with Crippen molar-refractivity contribution in [2.24, 2.45) is 17.6 Å². The van der Waals surface area contributed by atoms with Crippen LogP contribution in [0.1, 0.15) is 40.5 Å². The second-order valence-corrected chi connectivity index (χ2v) is 6.49. The zero-order valence-corrected chi connectivity index (χ0v) is 15.3. The SMILES string of the molecule is CCC(C)C(N)C(=O)NC(CC(C)C)C(=O)NCC(=O)NCC(=O)O. The molecule has 6 N–H and O–H groups in total. The second-order valence-electron chi connectivity index (χ2n) is 6.49. The predicted molar refractivity (Wildman–Crippen MR) is 92.5 cm³/mol. The fourth-order valence-electron chi connectivity index (χ4n) is 2.01. The number of amides is 3. The molecule has 0 rings (SSSR count). The maximum atomic E-state index is 12.3. The molecule has 0 radical (unpaired) electrons. The van der Waals surface area contributed by atoms with Gasteiger partial charge in [-0.3, -0.25) is 19.2 Å². The van der Waals surface area contributed by atoms with Gasteiger partial charge in [-0.15, -0.1) is 0 Å². The minimum absolute atomic E-state index is 0.0236. The van der Waals surface area contributed by atoms with Gasteiger partial charge in [0.1, 0.15) is 12.6 Å². The van der Waals surface area contributed by atoms with E-state index in [0.29, 0.717) is 6.42 Å². The van der Waals surface area contributed by atoms with Gasteiger partial charge in [0.15, 0.2) is 0 Å². The van der Waals surface area contributed by atoms with Crippen LogP contribution in [-0.2, 0) is 19.2 Å². The van der Waals surface area contributed by atoms with Crippen LogP contribution in [0.5, 0.6) is 0 Å². The molecule has 9 nitrogen and oxygen atoms in total. The van der Waals surface area contributed by atoms with Gasteiger partial charge in [-0.2, -0.15) is 0 Å². The Labute approximate surface area is 148 Å². The number of nitrogens with two attached hydrogens (primary N) is 1. The first kappa shape index (κ1) is 22.8. The van der Waals surface area contributed by atoms with E-state index in [2.05, 4.69) is 16.0 Å². The van der Waals surface area contributed by atoms with Crippen molar-refractivity contribution in [1.82, 2.24) is 16.0 Å². The van der Waals surface area contributed by atoms with Crippen LogP contribution in [-0.4, -0.2) is 54.0 Å². The molecule has 0 aromatic rings. The van der Waals surface area contributed by atoms with Gasteiger partial charge in [-0.25, -0.2) is 0 Å². The Balaban J connectivity index is 4.69. The molecular formula is C16H30N4O5. The summed E-state index contributed by atoms with van der Waals surface area (Å²) in [4.78, 5) is 46.3. The largest absolute Gasteiger partial charge is 0.480 e. The fourth-order valence-corrected chi connectivity index (χ4v) is 2.01. The summed E-state index contributed by atoms with van der Waals surface area (Å²) in [5.41, 5.74) is 5.88. The monoisotopic (exact) mass is 358 g/mol. The highest BCUT2D eigenvalue weighted by atomic mass is 16.4. The average molecular weight is 358 g/mol. The number of hydrogen-bond acceptors (Lipinski definition) is 5. The standard InChI is InChI=1S/C16H30N4O5/c1-5-10(4)14(17)16(25)20-11(6-9(2)3)15(24)19-7-12(21)18-8-13(22)23/h9-11,14H,5-8,17H2,1-4H3,(H,18,21)(H,19,24)(H,20,25)(H,22,23). The summed E-state index contributed by atoms with van der Waals surface area (Å²) in [7, 11) is 0. The number of carboxylic acid groups (broad SMARTS) is 1. The molecule has 0 saturated carbocycles. The van der Waals surface area contributed by atoms with Crippen LogP contribution in [0.3, 0.4) is 0 Å². The summed E-state index contributed by atoms with van der Waals surface area (Å²) in [5.74, 6) is -2.61. The highest BCUT2D eigenvalue weighted by molar-refractivity contribution is 5.92. The molecule has 0 aliphatic rings. The van der Waals surface area contributed by atoms with Crippen LogP contribution >= 0.6 is 0 Å². The lowest BCUT2D eigenvalue weighted by molar-refractivity contribution is -0.138. The van der Waals surface area contributed by atoms with Gasteiger partial charge in [0.2, 0.25) is 17.7 Å². The van der Waals surface area contributed by atoms with Gasteiger partial charge in [-0.05, 0) is 18.3 Å². The van der Waals surface area contributed by atoms with E-state index in [9.17, 15) is 19.2 Å². The maximum Gasteiger partial charge on any atom is 0.322 e. The molecule has 0 aromatic carbocycles. The number of rotatable bonds is 11. The van der Waals surface area contributed by atoms with Gasteiger partial charge in [0.25, 0.3) is 0 Å². The summed E-state index contributed by atoms with van der Waals surface area (Å²) in [5, 5.41) is 15.7. The first-order valence-corrected chi connectivity index (χ1v) is 8.40. The number of aliphatic carboxylic acids is 1. The molecule has 3 atom stereocenters. The smallest absolute Gasteiger partial charge is 0.322 e. The molecule has 9 heteroatoms. The van der Waals surface area contributed by atoms with E-state index in [1.807, 2.05) is 27.7 Å². The molecule has 0 aliphatic carbocycles. The van der Waals surface area contributed by atoms with Crippen LogP contribution in [0.25, 0.3) is 0 Å². The van der Waals surface area contributed by atoms with Gasteiger partial charge < -0.3 is 26.8 Å². The molecule has 25 heavy (non-hydrogen) atoms. The number of carbonyl (C=O) groups is 4. The average Bonchev–Trinajstić information content (AvgIpc) is 2.54. The topological polar surface area (TPSA) is 151 Å². The van der Waals surface area contributed by atoms with Crippen LogP contribution in [0.15, 0.2) is 0 Å². The van der Waals surface area contributed by atoms with Crippen LogP contribution < -0.4 is 21.7 Å². The highest BCUT2D eigenvalue weighted by Gasteiger charge is 2.26. The summed E-state index contributed by atoms with van der Waals surface area (Å²) >= 11 is 0. The molecule has 144 valence electrons. The van der Waals surface area contributed by atoms with E-state index in [1.54, 1.807) is 0 Å². The van der Waals surface area contributed by atoms with Crippen LogP contribution in [0, 0.1) is 11.8 Å². The third-order valence-electron chi connectivity index (χ3n) is 3.76. The minimum Gasteiger partial charge on any atom is -0.480 e. The lowest BCUT2D eigenvalue weighted by Crippen LogP contribution is -2.54. The van der Waals surface area contributed by atoms with Crippen molar-refractivity contribution in [2.45, 2.75) is 52.6 Å². The van der Waals surface area contributed by atoms with E-state index in [-0.39, 0.29) is 18.4 Å². The highest BCUT2D eigenvalue weighted by Crippen LogP contribution is 2.08. The Morgan fingerprint density at radius 2 is 1.60 bits per heavy atom. The van der Waals surface area contributed by atoms with E-state index >= 15 is 0 Å². The molecule has 0 fully saturated rings. The maximum absolute atomic E-state index is 12.3. The van der Waals surface area contributed by atoms with Crippen LogP contribution in [0.4, 0.5) is 0 Å². The normalized spacial score (nSPS) is 14.3. The van der Waals surface area contributed by atoms with Crippen molar-refractivity contribution in [3.05, 3.63) is 0 Å². The van der Waals surface area contributed by atoms with E-state index in [1.165, 1.54) is 0 Å². The van der Waals surface area contributed by atoms with Gasteiger partial charge in [-0.1, -0.05) is 34.1 Å². The summed E-state index contributed by atoms with van der Waals surface area (Å²) in [6.07, 6.45) is 1.13. The summed E-state index contributed by atoms with van der Waals surface area (Å²) in [6, 6.07) is -1.53. The number of hydrogen-bond donors (Lipinski definition) is 5. The number of carboxylic acids is 1. The lowest BCUT2D eigenvalue weighted by Gasteiger charge is -2.24. The molecule has 3 unspecified atom stereocenters. The molecule has 0 spiro atoms. The fraction of sp³-hybridized carbons (Fsp3) is 0.750. The first-order chi connectivity index (χ1) is 11.6.